The Bertz CT molecular complexity index is 684. The van der Waals surface area contributed by atoms with Gasteiger partial charge in [-0.25, -0.2) is 0 Å². The summed E-state index contributed by atoms with van der Waals surface area (Å²) in [5, 5.41) is 6.32. The monoisotopic (exact) mass is 362 g/mol. The summed E-state index contributed by atoms with van der Waals surface area (Å²) in [4.78, 5) is 18.8. The zero-order valence-corrected chi connectivity index (χ0v) is 15.0. The lowest BCUT2D eigenvalue weighted by atomic mass is 10.1. The molecule has 1 unspecified atom stereocenters. The van der Waals surface area contributed by atoms with E-state index in [1.54, 1.807) is 13.3 Å². The lowest BCUT2D eigenvalue weighted by molar-refractivity contribution is -0.118. The SMILES string of the molecule is COc1cccc(NC(=O)CN2CCNCC2c2cccnc2)c1.Cl. The van der Waals surface area contributed by atoms with Gasteiger partial charge in [0.15, 0.2) is 0 Å². The molecular weight excluding hydrogens is 340 g/mol. The molecule has 6 nitrogen and oxygen atoms in total. The Morgan fingerprint density at radius 3 is 3.04 bits per heavy atom. The summed E-state index contributed by atoms with van der Waals surface area (Å²) in [7, 11) is 1.61. The number of anilines is 1. The number of pyridine rings is 1. The van der Waals surface area contributed by atoms with E-state index in [4.69, 9.17) is 4.74 Å². The van der Waals surface area contributed by atoms with E-state index in [0.29, 0.717) is 6.54 Å². The van der Waals surface area contributed by atoms with Gasteiger partial charge in [0, 0.05) is 49.8 Å². The molecule has 25 heavy (non-hydrogen) atoms. The fraction of sp³-hybridized carbons (Fsp3) is 0.333. The van der Waals surface area contributed by atoms with Crippen molar-refractivity contribution in [2.75, 3.05) is 38.6 Å². The molecule has 0 aliphatic carbocycles. The fourth-order valence-corrected chi connectivity index (χ4v) is 2.92. The number of hydrogen-bond donors (Lipinski definition) is 2. The maximum absolute atomic E-state index is 12.4. The number of hydrogen-bond acceptors (Lipinski definition) is 5. The van der Waals surface area contributed by atoms with Crippen LogP contribution in [0.1, 0.15) is 11.6 Å². The van der Waals surface area contributed by atoms with Crippen LogP contribution in [0.3, 0.4) is 0 Å². The molecule has 134 valence electrons. The summed E-state index contributed by atoms with van der Waals surface area (Å²) in [6.45, 7) is 2.87. The average Bonchev–Trinajstić information content (AvgIpc) is 2.63. The number of amides is 1. The maximum atomic E-state index is 12.4. The maximum Gasteiger partial charge on any atom is 0.238 e. The summed E-state index contributed by atoms with van der Waals surface area (Å²) in [5.41, 5.74) is 1.87. The molecule has 1 fully saturated rings. The number of carbonyl (C=O) groups excluding carboxylic acids is 1. The lowest BCUT2D eigenvalue weighted by Crippen LogP contribution is -2.48. The molecule has 2 aromatic rings. The van der Waals surface area contributed by atoms with Crippen molar-refractivity contribution in [3.8, 4) is 5.75 Å². The molecule has 1 saturated heterocycles. The first-order valence-electron chi connectivity index (χ1n) is 8.05. The molecule has 7 heteroatoms. The zero-order chi connectivity index (χ0) is 16.8. The highest BCUT2D eigenvalue weighted by Gasteiger charge is 2.25. The highest BCUT2D eigenvalue weighted by Crippen LogP contribution is 2.21. The molecule has 1 aromatic heterocycles. The minimum absolute atomic E-state index is 0. The normalized spacial score (nSPS) is 17.4. The van der Waals surface area contributed by atoms with Gasteiger partial charge < -0.3 is 15.4 Å². The van der Waals surface area contributed by atoms with E-state index in [2.05, 4.69) is 26.6 Å². The van der Waals surface area contributed by atoms with Crippen LogP contribution in [0.2, 0.25) is 0 Å². The van der Waals surface area contributed by atoms with Crippen LogP contribution >= 0.6 is 12.4 Å². The highest BCUT2D eigenvalue weighted by molar-refractivity contribution is 5.92. The van der Waals surface area contributed by atoms with E-state index in [1.165, 1.54) is 0 Å². The first-order chi connectivity index (χ1) is 11.8. The molecule has 1 aliphatic rings. The van der Waals surface area contributed by atoms with Crippen LogP contribution in [-0.4, -0.2) is 49.1 Å². The van der Waals surface area contributed by atoms with Crippen molar-refractivity contribution >= 4 is 24.0 Å². The van der Waals surface area contributed by atoms with E-state index in [9.17, 15) is 4.79 Å². The Morgan fingerprint density at radius 1 is 1.40 bits per heavy atom. The third kappa shape index (κ3) is 5.16. The molecule has 3 rings (SSSR count). The highest BCUT2D eigenvalue weighted by atomic mass is 35.5. The van der Waals surface area contributed by atoms with E-state index in [-0.39, 0.29) is 24.4 Å². The van der Waals surface area contributed by atoms with E-state index in [1.807, 2.05) is 36.5 Å². The standard InChI is InChI=1S/C18H22N4O2.ClH/c1-24-16-6-2-5-15(10-16)21-18(23)13-22-9-8-20-12-17(22)14-4-3-7-19-11-14;/h2-7,10-11,17,20H,8-9,12-13H2,1H3,(H,21,23);1H. The smallest absolute Gasteiger partial charge is 0.238 e. The molecule has 0 radical (unpaired) electrons. The summed E-state index contributed by atoms with van der Waals surface area (Å²) >= 11 is 0. The first-order valence-corrected chi connectivity index (χ1v) is 8.05. The Morgan fingerprint density at radius 2 is 2.28 bits per heavy atom. The van der Waals surface area contributed by atoms with Gasteiger partial charge in [-0.15, -0.1) is 12.4 Å². The van der Waals surface area contributed by atoms with Gasteiger partial charge in [-0.2, -0.15) is 0 Å². The predicted molar refractivity (Wildman–Crippen MR) is 100 cm³/mol. The van der Waals surface area contributed by atoms with Crippen LogP contribution in [0.4, 0.5) is 5.69 Å². The van der Waals surface area contributed by atoms with Crippen molar-refractivity contribution in [1.29, 1.82) is 0 Å². The van der Waals surface area contributed by atoms with Crippen molar-refractivity contribution in [2.24, 2.45) is 0 Å². The second-order valence-electron chi connectivity index (χ2n) is 5.76. The van der Waals surface area contributed by atoms with Crippen LogP contribution in [0.5, 0.6) is 5.75 Å². The molecule has 0 spiro atoms. The Labute approximate surface area is 154 Å². The topological polar surface area (TPSA) is 66.5 Å². The Balaban J connectivity index is 0.00000225. The van der Waals surface area contributed by atoms with Crippen LogP contribution in [0.25, 0.3) is 0 Å². The Kier molecular flexibility index (Phi) is 7.18. The quantitative estimate of drug-likeness (QED) is 0.852. The number of nitrogens with one attached hydrogen (secondary N) is 2. The van der Waals surface area contributed by atoms with Crippen LogP contribution in [-0.2, 0) is 4.79 Å². The van der Waals surface area contributed by atoms with Gasteiger partial charge in [0.25, 0.3) is 0 Å². The van der Waals surface area contributed by atoms with Crippen molar-refractivity contribution in [1.82, 2.24) is 15.2 Å². The largest absolute Gasteiger partial charge is 0.497 e. The molecule has 2 heterocycles. The third-order valence-electron chi connectivity index (χ3n) is 4.12. The number of carbonyl (C=O) groups is 1. The van der Waals surface area contributed by atoms with Gasteiger partial charge in [-0.05, 0) is 23.8 Å². The van der Waals surface area contributed by atoms with Gasteiger partial charge in [-0.1, -0.05) is 12.1 Å². The number of piperazine rings is 1. The van der Waals surface area contributed by atoms with Crippen molar-refractivity contribution in [3.05, 3.63) is 54.4 Å². The van der Waals surface area contributed by atoms with Crippen molar-refractivity contribution < 1.29 is 9.53 Å². The van der Waals surface area contributed by atoms with E-state index in [0.717, 1.165) is 36.6 Å². The number of methoxy groups -OCH3 is 1. The molecule has 1 amide bonds. The molecule has 2 N–H and O–H groups in total. The summed E-state index contributed by atoms with van der Waals surface area (Å²) in [6.07, 6.45) is 3.63. The number of benzene rings is 1. The van der Waals surface area contributed by atoms with Crippen molar-refractivity contribution in [3.63, 3.8) is 0 Å². The minimum atomic E-state index is -0.0287. The van der Waals surface area contributed by atoms with Crippen LogP contribution < -0.4 is 15.4 Å². The summed E-state index contributed by atoms with van der Waals surface area (Å²) in [6, 6.07) is 11.5. The number of ether oxygens (including phenoxy) is 1. The minimum Gasteiger partial charge on any atom is -0.497 e. The molecule has 1 atom stereocenters. The third-order valence-corrected chi connectivity index (χ3v) is 4.12. The molecule has 0 saturated carbocycles. The van der Waals surface area contributed by atoms with Crippen LogP contribution in [0, 0.1) is 0 Å². The zero-order valence-electron chi connectivity index (χ0n) is 14.1. The second kappa shape index (κ2) is 9.36. The van der Waals surface area contributed by atoms with Gasteiger partial charge >= 0.3 is 0 Å². The van der Waals surface area contributed by atoms with Gasteiger partial charge in [0.1, 0.15) is 5.75 Å². The summed E-state index contributed by atoms with van der Waals surface area (Å²) in [5.74, 6) is 0.697. The molecular formula is C18H23ClN4O2. The number of rotatable bonds is 5. The second-order valence-corrected chi connectivity index (χ2v) is 5.76. The number of halogens is 1. The van der Waals surface area contributed by atoms with Crippen LogP contribution in [0.15, 0.2) is 48.8 Å². The molecule has 1 aromatic carbocycles. The lowest BCUT2D eigenvalue weighted by Gasteiger charge is -2.35. The molecule has 0 bridgehead atoms. The number of nitrogens with zero attached hydrogens (tertiary/aromatic N) is 2. The molecule has 1 aliphatic heterocycles. The van der Waals surface area contributed by atoms with E-state index < -0.39 is 0 Å². The first kappa shape index (κ1) is 19.2. The van der Waals surface area contributed by atoms with Crippen molar-refractivity contribution in [2.45, 2.75) is 6.04 Å². The van der Waals surface area contributed by atoms with Gasteiger partial charge in [0.05, 0.1) is 13.7 Å². The van der Waals surface area contributed by atoms with Gasteiger partial charge in [-0.3, -0.25) is 14.7 Å². The predicted octanol–water partition coefficient (Wildman–Crippen LogP) is 2.10. The van der Waals surface area contributed by atoms with E-state index >= 15 is 0 Å². The summed E-state index contributed by atoms with van der Waals surface area (Å²) < 4.78 is 5.18. The average molecular weight is 363 g/mol. The Hall–Kier alpha value is -2.15. The fourth-order valence-electron chi connectivity index (χ4n) is 2.92. The van der Waals surface area contributed by atoms with Gasteiger partial charge in [0.2, 0.25) is 5.91 Å². The number of aromatic nitrogens is 1.